The lowest BCUT2D eigenvalue weighted by atomic mass is 9.90. The maximum atomic E-state index is 5.66. The molecule has 1 aromatic heterocycles. The van der Waals surface area contributed by atoms with E-state index in [0.29, 0.717) is 13.2 Å². The van der Waals surface area contributed by atoms with Crippen molar-refractivity contribution in [3.05, 3.63) is 53.9 Å². The Kier molecular flexibility index (Phi) is 4.38. The summed E-state index contributed by atoms with van der Waals surface area (Å²) in [5, 5.41) is 4.36. The Labute approximate surface area is 115 Å². The fraction of sp³-hybridized carbons (Fsp3) is 0.438. The van der Waals surface area contributed by atoms with Crippen LogP contribution in [0.25, 0.3) is 0 Å². The first-order chi connectivity index (χ1) is 9.05. The zero-order chi connectivity index (χ0) is 13.7. The number of aromatic nitrogens is 2. The predicted octanol–water partition coefficient (Wildman–Crippen LogP) is 3.40. The molecule has 3 nitrogen and oxygen atoms in total. The van der Waals surface area contributed by atoms with Gasteiger partial charge in [0.25, 0.3) is 0 Å². The molecule has 0 bridgehead atoms. The number of ether oxygens (including phenoxy) is 1. The molecule has 19 heavy (non-hydrogen) atoms. The van der Waals surface area contributed by atoms with Crippen LogP contribution in [0, 0.1) is 0 Å². The number of benzene rings is 1. The van der Waals surface area contributed by atoms with Crippen LogP contribution < -0.4 is 0 Å². The van der Waals surface area contributed by atoms with Crippen molar-refractivity contribution in [3.8, 4) is 0 Å². The monoisotopic (exact) mass is 258 g/mol. The van der Waals surface area contributed by atoms with Crippen molar-refractivity contribution >= 4 is 0 Å². The first-order valence-electron chi connectivity index (χ1n) is 6.70. The summed E-state index contributed by atoms with van der Waals surface area (Å²) >= 11 is 0. The topological polar surface area (TPSA) is 27.1 Å². The Hall–Kier alpha value is -1.61. The van der Waals surface area contributed by atoms with Crippen LogP contribution in [0.2, 0.25) is 0 Å². The van der Waals surface area contributed by atoms with E-state index in [1.165, 1.54) is 11.1 Å². The second-order valence-corrected chi connectivity index (χ2v) is 5.78. The molecular formula is C16H22N2O. The standard InChI is InChI=1S/C16H22N2O/c1-16(2,3)15-11-17-18(12-15)9-10-19-13-14-7-5-4-6-8-14/h4-8,11-12H,9-10,13H2,1-3H3. The summed E-state index contributed by atoms with van der Waals surface area (Å²) in [7, 11) is 0. The quantitative estimate of drug-likeness (QED) is 0.769. The highest BCUT2D eigenvalue weighted by molar-refractivity contribution is 5.15. The van der Waals surface area contributed by atoms with Gasteiger partial charge in [0.05, 0.1) is 26.0 Å². The van der Waals surface area contributed by atoms with E-state index in [2.05, 4.69) is 44.2 Å². The van der Waals surface area contributed by atoms with E-state index in [1.54, 1.807) is 0 Å². The maximum absolute atomic E-state index is 5.66. The first-order valence-corrected chi connectivity index (χ1v) is 6.70. The van der Waals surface area contributed by atoms with Crippen LogP contribution in [-0.2, 0) is 23.3 Å². The van der Waals surface area contributed by atoms with Crippen LogP contribution in [0.1, 0.15) is 31.9 Å². The summed E-state index contributed by atoms with van der Waals surface area (Å²) in [4.78, 5) is 0. The molecule has 0 fully saturated rings. The van der Waals surface area contributed by atoms with Gasteiger partial charge >= 0.3 is 0 Å². The SMILES string of the molecule is CC(C)(C)c1cnn(CCOCc2ccccc2)c1. The Bertz CT molecular complexity index is 497. The second-order valence-electron chi connectivity index (χ2n) is 5.78. The van der Waals surface area contributed by atoms with Gasteiger partial charge in [0.1, 0.15) is 0 Å². The third-order valence-corrected chi connectivity index (χ3v) is 3.08. The minimum atomic E-state index is 0.156. The summed E-state index contributed by atoms with van der Waals surface area (Å²) in [6.45, 7) is 8.72. The molecule has 0 spiro atoms. The van der Waals surface area contributed by atoms with Gasteiger partial charge < -0.3 is 4.74 Å². The van der Waals surface area contributed by atoms with Crippen molar-refractivity contribution in [2.24, 2.45) is 0 Å². The Morgan fingerprint density at radius 2 is 1.89 bits per heavy atom. The summed E-state index contributed by atoms with van der Waals surface area (Å²) in [5.74, 6) is 0. The minimum Gasteiger partial charge on any atom is -0.375 e. The molecule has 2 aromatic rings. The third-order valence-electron chi connectivity index (χ3n) is 3.08. The molecule has 0 atom stereocenters. The fourth-order valence-corrected chi connectivity index (χ4v) is 1.80. The molecule has 1 aromatic carbocycles. The molecule has 2 rings (SSSR count). The maximum Gasteiger partial charge on any atom is 0.0717 e. The van der Waals surface area contributed by atoms with Crippen LogP contribution in [-0.4, -0.2) is 16.4 Å². The molecule has 3 heteroatoms. The van der Waals surface area contributed by atoms with Crippen LogP contribution >= 0.6 is 0 Å². The van der Waals surface area contributed by atoms with E-state index in [1.807, 2.05) is 29.1 Å². The normalized spacial score (nSPS) is 11.7. The van der Waals surface area contributed by atoms with E-state index >= 15 is 0 Å². The van der Waals surface area contributed by atoms with E-state index in [-0.39, 0.29) is 5.41 Å². The van der Waals surface area contributed by atoms with Gasteiger partial charge in [0.15, 0.2) is 0 Å². The van der Waals surface area contributed by atoms with E-state index in [9.17, 15) is 0 Å². The van der Waals surface area contributed by atoms with Gasteiger partial charge in [-0.2, -0.15) is 5.10 Å². The van der Waals surface area contributed by atoms with Crippen LogP contribution in [0.15, 0.2) is 42.7 Å². The third kappa shape index (κ3) is 4.21. The van der Waals surface area contributed by atoms with Crippen LogP contribution in [0.4, 0.5) is 0 Å². The Morgan fingerprint density at radius 1 is 1.16 bits per heavy atom. The highest BCUT2D eigenvalue weighted by Crippen LogP contribution is 2.20. The van der Waals surface area contributed by atoms with Gasteiger partial charge in [-0.15, -0.1) is 0 Å². The van der Waals surface area contributed by atoms with Gasteiger partial charge in [0, 0.05) is 6.20 Å². The number of nitrogens with zero attached hydrogens (tertiary/aromatic N) is 2. The van der Waals surface area contributed by atoms with Gasteiger partial charge in [0.2, 0.25) is 0 Å². The zero-order valence-electron chi connectivity index (χ0n) is 12.0. The summed E-state index contributed by atoms with van der Waals surface area (Å²) in [6.07, 6.45) is 4.04. The molecule has 0 amide bonds. The van der Waals surface area contributed by atoms with Crippen molar-refractivity contribution < 1.29 is 4.74 Å². The van der Waals surface area contributed by atoms with Crippen molar-refractivity contribution in [3.63, 3.8) is 0 Å². The number of rotatable bonds is 5. The largest absolute Gasteiger partial charge is 0.375 e. The molecule has 0 unspecified atom stereocenters. The summed E-state index contributed by atoms with van der Waals surface area (Å²) in [5.41, 5.74) is 2.62. The highest BCUT2D eigenvalue weighted by atomic mass is 16.5. The van der Waals surface area contributed by atoms with Crippen molar-refractivity contribution in [1.29, 1.82) is 0 Å². The molecule has 0 N–H and O–H groups in total. The van der Waals surface area contributed by atoms with Crippen LogP contribution in [0.5, 0.6) is 0 Å². The molecular weight excluding hydrogens is 236 g/mol. The van der Waals surface area contributed by atoms with E-state index < -0.39 is 0 Å². The number of hydrogen-bond acceptors (Lipinski definition) is 2. The van der Waals surface area contributed by atoms with Crippen molar-refractivity contribution in [2.45, 2.75) is 39.3 Å². The lowest BCUT2D eigenvalue weighted by molar-refractivity contribution is 0.111. The zero-order valence-corrected chi connectivity index (χ0v) is 12.0. The molecule has 0 radical (unpaired) electrons. The lowest BCUT2D eigenvalue weighted by Crippen LogP contribution is -2.10. The average Bonchev–Trinajstić information content (AvgIpc) is 2.85. The molecule has 102 valence electrons. The van der Waals surface area contributed by atoms with Crippen molar-refractivity contribution in [1.82, 2.24) is 9.78 Å². The Morgan fingerprint density at radius 3 is 2.53 bits per heavy atom. The minimum absolute atomic E-state index is 0.156. The smallest absolute Gasteiger partial charge is 0.0717 e. The van der Waals surface area contributed by atoms with Gasteiger partial charge in [-0.3, -0.25) is 4.68 Å². The molecule has 0 saturated carbocycles. The predicted molar refractivity (Wildman–Crippen MR) is 77.0 cm³/mol. The first kappa shape index (κ1) is 13.8. The second kappa shape index (κ2) is 6.02. The van der Waals surface area contributed by atoms with E-state index in [0.717, 1.165) is 6.54 Å². The molecule has 0 aliphatic heterocycles. The molecule has 0 saturated heterocycles. The summed E-state index contributed by atoms with van der Waals surface area (Å²) < 4.78 is 7.61. The molecule has 0 aliphatic rings. The van der Waals surface area contributed by atoms with Gasteiger partial charge in [-0.1, -0.05) is 51.1 Å². The Balaban J connectivity index is 1.76. The van der Waals surface area contributed by atoms with Gasteiger partial charge in [-0.05, 0) is 16.5 Å². The van der Waals surface area contributed by atoms with E-state index in [4.69, 9.17) is 4.74 Å². The molecule has 1 heterocycles. The lowest BCUT2D eigenvalue weighted by Gasteiger charge is -2.15. The summed E-state index contributed by atoms with van der Waals surface area (Å²) in [6, 6.07) is 10.2. The van der Waals surface area contributed by atoms with Crippen LogP contribution in [0.3, 0.4) is 0 Å². The van der Waals surface area contributed by atoms with Gasteiger partial charge in [-0.25, -0.2) is 0 Å². The molecule has 0 aliphatic carbocycles. The number of hydrogen-bond donors (Lipinski definition) is 0. The highest BCUT2D eigenvalue weighted by Gasteiger charge is 2.15. The van der Waals surface area contributed by atoms with Crippen molar-refractivity contribution in [2.75, 3.05) is 6.61 Å². The average molecular weight is 258 g/mol. The fourth-order valence-electron chi connectivity index (χ4n) is 1.80.